The van der Waals surface area contributed by atoms with E-state index in [-0.39, 0.29) is 0 Å². The van der Waals surface area contributed by atoms with Gasteiger partial charge in [0, 0.05) is 0 Å². The quantitative estimate of drug-likeness (QED) is 0.711. The molecule has 0 spiro atoms. The summed E-state index contributed by atoms with van der Waals surface area (Å²) in [5.74, 6) is 0.665. The van der Waals surface area contributed by atoms with E-state index in [1.54, 1.807) is 13.8 Å². The molecule has 1 aliphatic rings. The van der Waals surface area contributed by atoms with Gasteiger partial charge in [0.2, 0.25) is 0 Å². The molecule has 2 heteroatoms. The molecule has 15 heavy (non-hydrogen) atoms. The lowest BCUT2D eigenvalue weighted by atomic mass is 9.80. The lowest BCUT2D eigenvalue weighted by Gasteiger charge is -2.30. The number of ether oxygens (including phenoxy) is 1. The second kappa shape index (κ2) is 5.86. The first-order valence-corrected chi connectivity index (χ1v) is 6.37. The molecule has 0 unspecified atom stereocenters. The lowest BCUT2D eigenvalue weighted by molar-refractivity contribution is -0.185. The Balaban J connectivity index is 2.15. The average Bonchev–Trinajstić information content (AvgIpc) is 2.16. The number of rotatable bonds is 5. The van der Waals surface area contributed by atoms with Crippen molar-refractivity contribution in [1.29, 1.82) is 0 Å². The van der Waals surface area contributed by atoms with Crippen molar-refractivity contribution in [3.63, 3.8) is 0 Å². The summed E-state index contributed by atoms with van der Waals surface area (Å²) in [6.07, 6.45) is 7.97. The average molecular weight is 214 g/mol. The fourth-order valence-corrected chi connectivity index (χ4v) is 2.42. The Hall–Kier alpha value is -0.0800. The summed E-state index contributed by atoms with van der Waals surface area (Å²) in [5, 5.41) is 9.46. The van der Waals surface area contributed by atoms with Crippen molar-refractivity contribution >= 4 is 0 Å². The van der Waals surface area contributed by atoms with E-state index >= 15 is 0 Å². The fraction of sp³-hybridized carbons (Fsp3) is 1.00. The Kier molecular flexibility index (Phi) is 5.07. The van der Waals surface area contributed by atoms with Gasteiger partial charge in [-0.25, -0.2) is 0 Å². The van der Waals surface area contributed by atoms with Gasteiger partial charge >= 0.3 is 0 Å². The number of aliphatic hydroxyl groups is 1. The van der Waals surface area contributed by atoms with Gasteiger partial charge in [-0.05, 0) is 38.5 Å². The van der Waals surface area contributed by atoms with Gasteiger partial charge in [0.25, 0.3) is 0 Å². The van der Waals surface area contributed by atoms with Crippen LogP contribution in [0.25, 0.3) is 0 Å². The predicted molar refractivity (Wildman–Crippen MR) is 62.6 cm³/mol. The van der Waals surface area contributed by atoms with E-state index in [1.165, 1.54) is 38.5 Å². The summed E-state index contributed by atoms with van der Waals surface area (Å²) in [7, 11) is 0. The van der Waals surface area contributed by atoms with E-state index in [9.17, 15) is 5.11 Å². The van der Waals surface area contributed by atoms with Crippen molar-refractivity contribution in [3.05, 3.63) is 0 Å². The van der Waals surface area contributed by atoms with Gasteiger partial charge in [0.05, 0.1) is 6.61 Å². The zero-order chi connectivity index (χ0) is 11.3. The summed E-state index contributed by atoms with van der Waals surface area (Å²) in [4.78, 5) is 0. The Morgan fingerprint density at radius 3 is 2.13 bits per heavy atom. The summed E-state index contributed by atoms with van der Waals surface area (Å²) >= 11 is 0. The van der Waals surface area contributed by atoms with Crippen LogP contribution in [-0.2, 0) is 4.74 Å². The van der Waals surface area contributed by atoms with Crippen LogP contribution >= 0.6 is 0 Å². The zero-order valence-corrected chi connectivity index (χ0v) is 10.5. The van der Waals surface area contributed by atoms with Gasteiger partial charge < -0.3 is 9.84 Å². The van der Waals surface area contributed by atoms with Crippen molar-refractivity contribution in [2.24, 2.45) is 11.8 Å². The summed E-state index contributed by atoms with van der Waals surface area (Å²) < 4.78 is 5.42. The van der Waals surface area contributed by atoms with Crippen LogP contribution in [0.4, 0.5) is 0 Å². The Bertz CT molecular complexity index is 164. The monoisotopic (exact) mass is 214 g/mol. The molecule has 2 nitrogen and oxygen atoms in total. The van der Waals surface area contributed by atoms with E-state index in [0.717, 1.165) is 12.5 Å². The molecular formula is C13H26O2. The van der Waals surface area contributed by atoms with Crippen LogP contribution in [0.3, 0.4) is 0 Å². The Morgan fingerprint density at radius 2 is 1.67 bits per heavy atom. The van der Waals surface area contributed by atoms with Crippen molar-refractivity contribution < 1.29 is 9.84 Å². The van der Waals surface area contributed by atoms with Crippen LogP contribution in [0.5, 0.6) is 0 Å². The second-order valence-corrected chi connectivity index (χ2v) is 5.43. The third-order valence-electron chi connectivity index (χ3n) is 3.34. The molecule has 0 aliphatic heterocycles. The molecule has 1 rings (SSSR count). The summed E-state index contributed by atoms with van der Waals surface area (Å²) in [6.45, 7) is 6.40. The van der Waals surface area contributed by atoms with Crippen LogP contribution in [0, 0.1) is 11.8 Å². The van der Waals surface area contributed by atoms with Crippen molar-refractivity contribution in [2.75, 3.05) is 6.61 Å². The highest BCUT2D eigenvalue weighted by molar-refractivity contribution is 4.72. The SMILES string of the molecule is CCCC1CCC(COC(C)(C)O)CC1. The van der Waals surface area contributed by atoms with E-state index in [0.29, 0.717) is 5.92 Å². The molecule has 0 radical (unpaired) electrons. The molecule has 0 atom stereocenters. The predicted octanol–water partition coefficient (Wildman–Crippen LogP) is 3.34. The van der Waals surface area contributed by atoms with Crippen LogP contribution in [0.15, 0.2) is 0 Å². The normalized spacial score (nSPS) is 28.0. The van der Waals surface area contributed by atoms with Gasteiger partial charge in [-0.15, -0.1) is 0 Å². The van der Waals surface area contributed by atoms with E-state index in [2.05, 4.69) is 6.92 Å². The maximum absolute atomic E-state index is 9.46. The Morgan fingerprint density at radius 1 is 1.13 bits per heavy atom. The molecule has 0 aromatic rings. The maximum Gasteiger partial charge on any atom is 0.159 e. The van der Waals surface area contributed by atoms with Gasteiger partial charge in [-0.1, -0.05) is 32.6 Å². The highest BCUT2D eigenvalue weighted by Crippen LogP contribution is 2.32. The Labute approximate surface area is 94.0 Å². The van der Waals surface area contributed by atoms with Crippen LogP contribution in [0.2, 0.25) is 0 Å². The third-order valence-corrected chi connectivity index (χ3v) is 3.34. The molecule has 0 aromatic heterocycles. The number of hydrogen-bond donors (Lipinski definition) is 1. The highest BCUT2D eigenvalue weighted by atomic mass is 16.6. The molecule has 0 amide bonds. The molecule has 0 saturated heterocycles. The van der Waals surface area contributed by atoms with Gasteiger partial charge in [-0.3, -0.25) is 0 Å². The molecule has 90 valence electrons. The smallest absolute Gasteiger partial charge is 0.159 e. The molecule has 1 fully saturated rings. The zero-order valence-electron chi connectivity index (χ0n) is 10.5. The number of hydrogen-bond acceptors (Lipinski definition) is 2. The second-order valence-electron chi connectivity index (χ2n) is 5.43. The molecule has 0 heterocycles. The van der Waals surface area contributed by atoms with E-state index in [1.807, 2.05) is 0 Å². The minimum Gasteiger partial charge on any atom is -0.366 e. The van der Waals surface area contributed by atoms with Gasteiger partial charge in [0.1, 0.15) is 0 Å². The molecule has 1 saturated carbocycles. The first kappa shape index (κ1) is 13.0. The third kappa shape index (κ3) is 5.53. The minimum atomic E-state index is -0.958. The topological polar surface area (TPSA) is 29.5 Å². The van der Waals surface area contributed by atoms with E-state index < -0.39 is 5.79 Å². The summed E-state index contributed by atoms with van der Waals surface area (Å²) in [5.41, 5.74) is 0. The first-order valence-electron chi connectivity index (χ1n) is 6.37. The molecule has 1 N–H and O–H groups in total. The molecule has 0 aromatic carbocycles. The van der Waals surface area contributed by atoms with E-state index in [4.69, 9.17) is 4.74 Å². The van der Waals surface area contributed by atoms with Crippen molar-refractivity contribution in [1.82, 2.24) is 0 Å². The van der Waals surface area contributed by atoms with Crippen LogP contribution in [0.1, 0.15) is 59.3 Å². The molecule has 0 bridgehead atoms. The largest absolute Gasteiger partial charge is 0.366 e. The van der Waals surface area contributed by atoms with Crippen molar-refractivity contribution in [3.8, 4) is 0 Å². The highest BCUT2D eigenvalue weighted by Gasteiger charge is 2.22. The van der Waals surface area contributed by atoms with Crippen molar-refractivity contribution in [2.45, 2.75) is 65.1 Å². The molecular weight excluding hydrogens is 188 g/mol. The standard InChI is InChI=1S/C13H26O2/c1-4-5-11-6-8-12(9-7-11)10-15-13(2,3)14/h11-12,14H,4-10H2,1-3H3. The summed E-state index contributed by atoms with van der Waals surface area (Å²) in [6, 6.07) is 0. The lowest BCUT2D eigenvalue weighted by Crippen LogP contribution is -2.28. The fourth-order valence-electron chi connectivity index (χ4n) is 2.42. The van der Waals surface area contributed by atoms with Gasteiger partial charge in [0.15, 0.2) is 5.79 Å². The minimum absolute atomic E-state index is 0.671. The van der Waals surface area contributed by atoms with Crippen LogP contribution < -0.4 is 0 Å². The van der Waals surface area contributed by atoms with Gasteiger partial charge in [-0.2, -0.15) is 0 Å². The molecule has 1 aliphatic carbocycles. The first-order chi connectivity index (χ1) is 7.01. The maximum atomic E-state index is 9.46. The van der Waals surface area contributed by atoms with Crippen LogP contribution in [-0.4, -0.2) is 17.5 Å².